The van der Waals surface area contributed by atoms with E-state index in [9.17, 15) is 14.7 Å². The monoisotopic (exact) mass is 578 g/mol. The second-order valence-corrected chi connectivity index (χ2v) is 13.9. The number of amides is 1. The van der Waals surface area contributed by atoms with Crippen LogP contribution in [0, 0.1) is 5.92 Å². The topological polar surface area (TPSA) is 89.0 Å². The summed E-state index contributed by atoms with van der Waals surface area (Å²) in [6.07, 6.45) is 2.54. The largest absolute Gasteiger partial charge is 0.496 e. The average Bonchev–Trinajstić information content (AvgIpc) is 3.53. The maximum Gasteiger partial charge on any atom is 0.308 e. The number of benzene rings is 2. The molecule has 0 radical (unpaired) electrons. The van der Waals surface area contributed by atoms with Crippen molar-refractivity contribution in [2.75, 3.05) is 13.7 Å². The summed E-state index contributed by atoms with van der Waals surface area (Å²) in [5, 5.41) is 13.2. The molecule has 0 unspecified atom stereocenters. The molecule has 0 saturated carbocycles. The molecule has 0 bridgehead atoms. The molecule has 4 rings (SSSR count). The summed E-state index contributed by atoms with van der Waals surface area (Å²) in [6, 6.07) is 14.9. The summed E-state index contributed by atoms with van der Waals surface area (Å²) in [5.74, 6) is -0.303. The highest BCUT2D eigenvalue weighted by molar-refractivity contribution is 7.09. The normalized spacial score (nSPS) is 21.1. The molecule has 220 valence electrons. The molecule has 2 heterocycles. The Balaban J connectivity index is 1.90. The maximum atomic E-state index is 14.7. The summed E-state index contributed by atoms with van der Waals surface area (Å²) >= 11 is 1.45. The van der Waals surface area contributed by atoms with E-state index >= 15 is 0 Å². The van der Waals surface area contributed by atoms with Crippen LogP contribution >= 0.6 is 11.3 Å². The molecule has 2 aromatic carbocycles. The minimum Gasteiger partial charge on any atom is -0.496 e. The van der Waals surface area contributed by atoms with Crippen molar-refractivity contribution < 1.29 is 24.2 Å². The van der Waals surface area contributed by atoms with Crippen LogP contribution in [0.4, 0.5) is 0 Å². The van der Waals surface area contributed by atoms with Crippen LogP contribution in [0.5, 0.6) is 5.75 Å². The zero-order valence-corrected chi connectivity index (χ0v) is 26.0. The Hall–Kier alpha value is -3.23. The number of methoxy groups -OCH3 is 1. The van der Waals surface area contributed by atoms with Crippen LogP contribution in [0.15, 0.2) is 60.1 Å². The fraction of sp³-hybridized carbons (Fsp3) is 0.485. The Labute approximate surface area is 247 Å². The van der Waals surface area contributed by atoms with Crippen LogP contribution in [0.25, 0.3) is 0 Å². The van der Waals surface area contributed by atoms with Crippen LogP contribution < -0.4 is 4.74 Å². The molecule has 0 spiro atoms. The molecule has 1 aliphatic heterocycles. The number of aromatic nitrogens is 1. The molecule has 1 amide bonds. The maximum absolute atomic E-state index is 14.7. The number of hydrogen-bond acceptors (Lipinski definition) is 7. The number of likely N-dealkylation sites (tertiary alicyclic amines) is 1. The molecule has 1 saturated heterocycles. The quantitative estimate of drug-likeness (QED) is 0.313. The van der Waals surface area contributed by atoms with Gasteiger partial charge in [-0.1, -0.05) is 57.2 Å². The lowest BCUT2D eigenvalue weighted by Crippen LogP contribution is -2.51. The van der Waals surface area contributed by atoms with Crippen molar-refractivity contribution in [3.63, 3.8) is 0 Å². The van der Waals surface area contributed by atoms with Crippen molar-refractivity contribution >= 4 is 23.2 Å². The molecular weight excluding hydrogens is 536 g/mol. The van der Waals surface area contributed by atoms with Gasteiger partial charge in [0.15, 0.2) is 0 Å². The summed E-state index contributed by atoms with van der Waals surface area (Å²) in [4.78, 5) is 34.6. The third kappa shape index (κ3) is 6.81. The van der Waals surface area contributed by atoms with Crippen LogP contribution in [0.2, 0.25) is 0 Å². The van der Waals surface area contributed by atoms with E-state index in [0.29, 0.717) is 24.2 Å². The van der Waals surface area contributed by atoms with Gasteiger partial charge in [-0.15, -0.1) is 11.3 Å². The van der Waals surface area contributed by atoms with Crippen molar-refractivity contribution in [2.45, 2.75) is 83.4 Å². The van der Waals surface area contributed by atoms with E-state index in [1.165, 1.54) is 11.3 Å². The highest BCUT2D eigenvalue weighted by Gasteiger charge is 2.56. The molecule has 1 aromatic heterocycles. The molecule has 1 N–H and O–H groups in total. The molecule has 1 aliphatic rings. The van der Waals surface area contributed by atoms with Crippen molar-refractivity contribution in [1.29, 1.82) is 0 Å². The Bertz CT molecular complexity index is 1340. The van der Waals surface area contributed by atoms with Gasteiger partial charge in [-0.25, -0.2) is 4.98 Å². The third-order valence-electron chi connectivity index (χ3n) is 7.56. The Morgan fingerprint density at radius 1 is 1.10 bits per heavy atom. The van der Waals surface area contributed by atoms with Crippen molar-refractivity contribution in [2.24, 2.45) is 5.92 Å². The lowest BCUT2D eigenvalue weighted by molar-refractivity contribution is -0.157. The minimum atomic E-state index is -0.958. The lowest BCUT2D eigenvalue weighted by Gasteiger charge is -2.41. The first-order valence-corrected chi connectivity index (χ1v) is 14.9. The van der Waals surface area contributed by atoms with Crippen LogP contribution in [0.3, 0.4) is 0 Å². The molecule has 41 heavy (non-hydrogen) atoms. The first-order valence-electron chi connectivity index (χ1n) is 14.1. The van der Waals surface area contributed by atoms with E-state index in [0.717, 1.165) is 16.1 Å². The Kier molecular flexibility index (Phi) is 8.95. The lowest BCUT2D eigenvalue weighted by atomic mass is 9.82. The van der Waals surface area contributed by atoms with Crippen molar-refractivity contribution in [1.82, 2.24) is 9.88 Å². The molecule has 8 heteroatoms. The second-order valence-electron chi connectivity index (χ2n) is 13.0. The average molecular weight is 579 g/mol. The molecule has 7 nitrogen and oxygen atoms in total. The summed E-state index contributed by atoms with van der Waals surface area (Å²) < 4.78 is 11.5. The number of esters is 1. The third-order valence-corrected chi connectivity index (χ3v) is 8.41. The van der Waals surface area contributed by atoms with E-state index < -0.39 is 17.2 Å². The number of rotatable bonds is 8. The van der Waals surface area contributed by atoms with Gasteiger partial charge in [-0.2, -0.15) is 0 Å². The fourth-order valence-corrected chi connectivity index (χ4v) is 6.80. The molecular formula is C33H42N2O5S. The molecule has 3 aromatic rings. The highest BCUT2D eigenvalue weighted by atomic mass is 32.1. The van der Waals surface area contributed by atoms with Gasteiger partial charge < -0.3 is 19.5 Å². The zero-order valence-electron chi connectivity index (χ0n) is 25.1. The van der Waals surface area contributed by atoms with E-state index in [1.807, 2.05) is 73.5 Å². The number of thiazole rings is 1. The van der Waals surface area contributed by atoms with E-state index in [1.54, 1.807) is 19.4 Å². The van der Waals surface area contributed by atoms with E-state index in [-0.39, 0.29) is 36.2 Å². The number of aliphatic hydroxyl groups excluding tert-OH is 1. The number of carbonyl (C=O) groups is 2. The smallest absolute Gasteiger partial charge is 0.308 e. The number of nitrogens with zero attached hydrogens (tertiary/aromatic N) is 2. The zero-order chi connectivity index (χ0) is 30.0. The number of carbonyl (C=O) groups excluding carboxylic acids is 2. The minimum absolute atomic E-state index is 0.0134. The molecule has 1 fully saturated rings. The van der Waals surface area contributed by atoms with Gasteiger partial charge in [-0.3, -0.25) is 9.59 Å². The van der Waals surface area contributed by atoms with Crippen molar-refractivity contribution in [3.05, 3.63) is 81.8 Å². The fourth-order valence-electron chi connectivity index (χ4n) is 5.98. The van der Waals surface area contributed by atoms with Gasteiger partial charge in [0.25, 0.3) is 5.91 Å². The summed E-state index contributed by atoms with van der Waals surface area (Å²) in [6.45, 7) is 11.7. The van der Waals surface area contributed by atoms with Gasteiger partial charge >= 0.3 is 5.97 Å². The SMILES string of the molecule is COc1cc(C(=O)N2[C@@H](c3nccs3)[C@@H](CO)C[C@]2(CC(=O)OC(C)(C)C)Cc2ccccc2)ccc1C(C)(C)C. The second kappa shape index (κ2) is 11.9. The van der Waals surface area contributed by atoms with Crippen LogP contribution in [-0.2, 0) is 21.4 Å². The van der Waals surface area contributed by atoms with Gasteiger partial charge in [0.05, 0.1) is 25.1 Å². The molecule has 3 atom stereocenters. The number of hydrogen-bond donors (Lipinski definition) is 1. The van der Waals surface area contributed by atoms with E-state index in [2.05, 4.69) is 25.8 Å². The number of ether oxygens (including phenoxy) is 2. The highest BCUT2D eigenvalue weighted by Crippen LogP contribution is 2.51. The van der Waals surface area contributed by atoms with Crippen LogP contribution in [0.1, 0.15) is 86.9 Å². The van der Waals surface area contributed by atoms with Gasteiger partial charge in [0, 0.05) is 29.7 Å². The summed E-state index contributed by atoms with van der Waals surface area (Å²) in [5.41, 5.74) is 0.620. The van der Waals surface area contributed by atoms with Crippen molar-refractivity contribution in [3.8, 4) is 5.75 Å². The predicted molar refractivity (Wildman–Crippen MR) is 161 cm³/mol. The Morgan fingerprint density at radius 3 is 2.37 bits per heavy atom. The standard InChI is InChI=1S/C33H42N2O5S/c1-31(2,3)25-14-13-23(17-26(25)39-7)30(38)35-28(29-34-15-16-41-29)24(21-36)19-33(35,18-22-11-9-8-10-12-22)20-27(37)40-32(4,5)6/h8-17,24,28,36H,18-21H2,1-7H3/t24-,28-,33+/m1/s1. The summed E-state index contributed by atoms with van der Waals surface area (Å²) in [7, 11) is 1.61. The predicted octanol–water partition coefficient (Wildman–Crippen LogP) is 6.36. The Morgan fingerprint density at radius 2 is 1.80 bits per heavy atom. The van der Waals surface area contributed by atoms with Crippen LogP contribution in [-0.4, -0.2) is 51.7 Å². The number of aliphatic hydroxyl groups is 1. The van der Waals surface area contributed by atoms with Gasteiger partial charge in [0.2, 0.25) is 0 Å². The van der Waals surface area contributed by atoms with Gasteiger partial charge in [0.1, 0.15) is 16.4 Å². The first kappa shape index (κ1) is 30.7. The first-order chi connectivity index (χ1) is 19.3. The van der Waals surface area contributed by atoms with E-state index in [4.69, 9.17) is 9.47 Å². The molecule has 0 aliphatic carbocycles. The van der Waals surface area contributed by atoms with Gasteiger partial charge in [-0.05, 0) is 62.3 Å².